The largest absolute Gasteiger partial charge is 0.287 e. The zero-order valence-electron chi connectivity index (χ0n) is 15.5. The number of fused-ring (bicyclic) bond motifs is 4. The summed E-state index contributed by atoms with van der Waals surface area (Å²) in [4.78, 5) is 22.7. The van der Waals surface area contributed by atoms with Crippen molar-refractivity contribution in [2.75, 3.05) is 0 Å². The van der Waals surface area contributed by atoms with E-state index in [1.165, 1.54) is 5.56 Å². The molecule has 0 atom stereocenters. The molecule has 0 spiro atoms. The van der Waals surface area contributed by atoms with Gasteiger partial charge in [0, 0.05) is 34.2 Å². The van der Waals surface area contributed by atoms with Gasteiger partial charge >= 0.3 is 0 Å². The first-order valence-corrected chi connectivity index (χ1v) is 9.59. The molecule has 4 heteroatoms. The van der Waals surface area contributed by atoms with Gasteiger partial charge in [0.1, 0.15) is 5.69 Å². The van der Waals surface area contributed by atoms with Crippen LogP contribution in [-0.4, -0.2) is 15.8 Å². The summed E-state index contributed by atoms with van der Waals surface area (Å²) in [5.41, 5.74) is 4.96. The number of benzene rings is 2. The van der Waals surface area contributed by atoms with Crippen molar-refractivity contribution in [3.63, 3.8) is 0 Å². The van der Waals surface area contributed by atoms with Crippen LogP contribution in [0, 0.1) is 0 Å². The molecule has 0 saturated carbocycles. The molecule has 3 aromatic heterocycles. The minimum Gasteiger partial charge on any atom is -0.287 e. The second-order valence-electron chi connectivity index (χ2n) is 7.32. The average molecular weight is 374 g/mol. The lowest BCUT2D eigenvalue weighted by Crippen LogP contribution is -2.35. The van der Waals surface area contributed by atoms with E-state index in [-0.39, 0.29) is 5.78 Å². The van der Waals surface area contributed by atoms with Gasteiger partial charge in [-0.25, -0.2) is 4.98 Å². The summed E-state index contributed by atoms with van der Waals surface area (Å²) in [6.45, 7) is 0.705. The summed E-state index contributed by atoms with van der Waals surface area (Å²) in [6, 6.07) is 22.2. The maximum absolute atomic E-state index is 13.3. The van der Waals surface area contributed by atoms with Crippen molar-refractivity contribution >= 4 is 27.5 Å². The molecule has 0 bridgehead atoms. The molecule has 0 fully saturated rings. The molecular formula is C25H16N3O+. The van der Waals surface area contributed by atoms with Crippen LogP contribution in [0.1, 0.15) is 21.6 Å². The van der Waals surface area contributed by atoms with E-state index in [9.17, 15) is 4.79 Å². The minimum atomic E-state index is -0.0439. The standard InChI is InChI=1S/C25H16N3O/c29-25-20-15-28(14-16-6-2-1-3-7-16)13-11-19(20)23-22-18(10-12-26-24(22)25)17-8-4-5-9-21(17)27-23/h1-13,15H,14H2/q+1. The molecule has 0 N–H and O–H groups in total. The summed E-state index contributed by atoms with van der Waals surface area (Å²) >= 11 is 0. The Labute approximate surface area is 167 Å². The molecule has 0 radical (unpaired) electrons. The molecule has 4 nitrogen and oxygen atoms in total. The first kappa shape index (κ1) is 16.1. The number of para-hydroxylation sites is 1. The molecule has 5 aromatic rings. The molecule has 0 unspecified atom stereocenters. The van der Waals surface area contributed by atoms with E-state index in [1.54, 1.807) is 6.20 Å². The molecule has 6 rings (SSSR count). The van der Waals surface area contributed by atoms with Crippen molar-refractivity contribution in [3.05, 3.63) is 102 Å². The molecule has 29 heavy (non-hydrogen) atoms. The van der Waals surface area contributed by atoms with Gasteiger partial charge in [-0.15, -0.1) is 0 Å². The number of ketones is 1. The number of aromatic nitrogens is 3. The fourth-order valence-corrected chi connectivity index (χ4v) is 4.21. The van der Waals surface area contributed by atoms with Crippen LogP contribution in [0.5, 0.6) is 0 Å². The van der Waals surface area contributed by atoms with Crippen LogP contribution in [-0.2, 0) is 6.54 Å². The summed E-state index contributed by atoms with van der Waals surface area (Å²) in [5.74, 6) is -0.0439. The quantitative estimate of drug-likeness (QED) is 0.335. The fourth-order valence-electron chi connectivity index (χ4n) is 4.21. The number of hydrogen-bond donors (Lipinski definition) is 0. The normalized spacial score (nSPS) is 12.3. The second kappa shape index (κ2) is 6.04. The van der Waals surface area contributed by atoms with Crippen molar-refractivity contribution < 1.29 is 9.36 Å². The third-order valence-electron chi connectivity index (χ3n) is 5.55. The van der Waals surface area contributed by atoms with Crippen LogP contribution < -0.4 is 4.57 Å². The highest BCUT2D eigenvalue weighted by molar-refractivity contribution is 6.26. The van der Waals surface area contributed by atoms with Crippen molar-refractivity contribution in [1.29, 1.82) is 0 Å². The highest BCUT2D eigenvalue weighted by Gasteiger charge is 2.30. The first-order valence-electron chi connectivity index (χ1n) is 9.59. The molecule has 136 valence electrons. The van der Waals surface area contributed by atoms with Crippen LogP contribution in [0.4, 0.5) is 0 Å². The second-order valence-corrected chi connectivity index (χ2v) is 7.32. The molecule has 1 aliphatic rings. The van der Waals surface area contributed by atoms with E-state index in [1.807, 2.05) is 71.6 Å². The van der Waals surface area contributed by atoms with Crippen LogP contribution in [0.3, 0.4) is 0 Å². The Morgan fingerprint density at radius 2 is 1.62 bits per heavy atom. The van der Waals surface area contributed by atoms with Crippen molar-refractivity contribution in [3.8, 4) is 11.3 Å². The lowest BCUT2D eigenvalue weighted by atomic mass is 9.88. The van der Waals surface area contributed by atoms with Gasteiger partial charge in [-0.2, -0.15) is 4.57 Å². The third kappa shape index (κ3) is 2.39. The summed E-state index contributed by atoms with van der Waals surface area (Å²) < 4.78 is 2.04. The summed E-state index contributed by atoms with van der Waals surface area (Å²) in [6.07, 6.45) is 5.66. The monoisotopic (exact) mass is 374 g/mol. The molecule has 1 aliphatic carbocycles. The molecule has 0 amide bonds. The van der Waals surface area contributed by atoms with Gasteiger partial charge in [0.15, 0.2) is 18.9 Å². The number of rotatable bonds is 2. The van der Waals surface area contributed by atoms with Crippen LogP contribution in [0.15, 0.2) is 85.3 Å². The lowest BCUT2D eigenvalue weighted by Gasteiger charge is -2.18. The zero-order chi connectivity index (χ0) is 19.4. The number of carbonyl (C=O) groups excluding carboxylic acids is 1. The Hall–Kier alpha value is -3.92. The van der Waals surface area contributed by atoms with Crippen molar-refractivity contribution in [1.82, 2.24) is 9.97 Å². The van der Waals surface area contributed by atoms with E-state index >= 15 is 0 Å². The van der Waals surface area contributed by atoms with Gasteiger partial charge < -0.3 is 0 Å². The summed E-state index contributed by atoms with van der Waals surface area (Å²) in [5, 5.41) is 2.92. The Balaban J connectivity index is 1.60. The number of carbonyl (C=O) groups is 1. The van der Waals surface area contributed by atoms with Gasteiger partial charge in [-0.3, -0.25) is 9.78 Å². The Morgan fingerprint density at radius 1 is 0.793 bits per heavy atom. The molecule has 0 saturated heterocycles. The Bertz CT molecular complexity index is 1440. The van der Waals surface area contributed by atoms with Crippen LogP contribution in [0.2, 0.25) is 0 Å². The van der Waals surface area contributed by atoms with Gasteiger partial charge in [0.05, 0.1) is 16.8 Å². The third-order valence-corrected chi connectivity index (χ3v) is 5.55. The van der Waals surface area contributed by atoms with Gasteiger partial charge in [0.25, 0.3) is 0 Å². The number of nitrogens with zero attached hydrogens (tertiary/aromatic N) is 3. The van der Waals surface area contributed by atoms with Crippen LogP contribution >= 0.6 is 0 Å². The maximum atomic E-state index is 13.3. The maximum Gasteiger partial charge on any atom is 0.218 e. The van der Waals surface area contributed by atoms with E-state index in [0.29, 0.717) is 17.8 Å². The summed E-state index contributed by atoms with van der Waals surface area (Å²) in [7, 11) is 0. The SMILES string of the molecule is O=C1c2c[n+](Cc3ccccc3)ccc2-c2nc3ccccc3c3ccnc1c23. The Kier molecular flexibility index (Phi) is 3.35. The molecule has 2 aromatic carbocycles. The van der Waals surface area contributed by atoms with E-state index in [2.05, 4.69) is 17.1 Å². The van der Waals surface area contributed by atoms with Gasteiger partial charge in [0.2, 0.25) is 5.78 Å². The highest BCUT2D eigenvalue weighted by atomic mass is 16.1. The van der Waals surface area contributed by atoms with Gasteiger partial charge in [-0.1, -0.05) is 48.5 Å². The minimum absolute atomic E-state index is 0.0439. The molecule has 3 heterocycles. The zero-order valence-corrected chi connectivity index (χ0v) is 15.5. The van der Waals surface area contributed by atoms with Crippen molar-refractivity contribution in [2.45, 2.75) is 6.54 Å². The molecule has 0 aliphatic heterocycles. The molecular weight excluding hydrogens is 358 g/mol. The lowest BCUT2D eigenvalue weighted by molar-refractivity contribution is -0.688. The van der Waals surface area contributed by atoms with Crippen LogP contribution in [0.25, 0.3) is 32.9 Å². The Morgan fingerprint density at radius 3 is 2.52 bits per heavy atom. The predicted molar refractivity (Wildman–Crippen MR) is 112 cm³/mol. The van der Waals surface area contributed by atoms with E-state index < -0.39 is 0 Å². The highest BCUT2D eigenvalue weighted by Crippen LogP contribution is 2.39. The van der Waals surface area contributed by atoms with E-state index in [0.717, 1.165) is 32.9 Å². The van der Waals surface area contributed by atoms with E-state index in [4.69, 9.17) is 4.98 Å². The topological polar surface area (TPSA) is 46.7 Å². The number of hydrogen-bond acceptors (Lipinski definition) is 3. The average Bonchev–Trinajstić information content (AvgIpc) is 2.78. The predicted octanol–water partition coefficient (Wildman–Crippen LogP) is 4.33. The van der Waals surface area contributed by atoms with Gasteiger partial charge in [-0.05, 0) is 17.5 Å². The number of pyridine rings is 3. The first-order chi connectivity index (χ1) is 14.3. The smallest absolute Gasteiger partial charge is 0.218 e. The van der Waals surface area contributed by atoms with Crippen molar-refractivity contribution in [2.24, 2.45) is 0 Å². The fraction of sp³-hybridized carbons (Fsp3) is 0.0400.